The van der Waals surface area contributed by atoms with Crippen molar-refractivity contribution < 1.29 is 19.1 Å². The van der Waals surface area contributed by atoms with E-state index < -0.39 is 5.66 Å². The van der Waals surface area contributed by atoms with Crippen LogP contribution in [0.3, 0.4) is 0 Å². The van der Waals surface area contributed by atoms with Crippen LogP contribution in [0.4, 0.5) is 5.69 Å². The summed E-state index contributed by atoms with van der Waals surface area (Å²) in [6.45, 7) is 2.28. The Bertz CT molecular complexity index is 994. The van der Waals surface area contributed by atoms with E-state index in [1.54, 1.807) is 53.4 Å². The fraction of sp³-hybridized carbons (Fsp3) is 0.318. The predicted octanol–water partition coefficient (Wildman–Crippen LogP) is 2.83. The van der Waals surface area contributed by atoms with Gasteiger partial charge in [-0.2, -0.15) is 0 Å². The molecule has 0 bridgehead atoms. The van der Waals surface area contributed by atoms with Gasteiger partial charge >= 0.3 is 0 Å². The highest BCUT2D eigenvalue weighted by Gasteiger charge is 2.53. The molecule has 4 rings (SSSR count). The molecule has 1 unspecified atom stereocenters. The van der Waals surface area contributed by atoms with Crippen molar-refractivity contribution in [2.45, 2.75) is 25.4 Å². The molecule has 1 saturated heterocycles. The number of amides is 3. The van der Waals surface area contributed by atoms with Crippen LogP contribution in [0.5, 0.6) is 5.75 Å². The predicted molar refractivity (Wildman–Crippen MR) is 113 cm³/mol. The van der Waals surface area contributed by atoms with Gasteiger partial charge < -0.3 is 15.0 Å². The first-order valence-electron chi connectivity index (χ1n) is 9.79. The Hall–Kier alpha value is -3.06. The quantitative estimate of drug-likeness (QED) is 0.719. The Balaban J connectivity index is 1.41. The number of nitrogens with one attached hydrogen (secondary N) is 1. The summed E-state index contributed by atoms with van der Waals surface area (Å²) in [6.07, 6.45) is 0.823. The van der Waals surface area contributed by atoms with Crippen LogP contribution >= 0.6 is 11.6 Å². The van der Waals surface area contributed by atoms with E-state index in [1.807, 2.05) is 6.92 Å². The summed E-state index contributed by atoms with van der Waals surface area (Å²) in [5.74, 6) is 0.0675. The minimum Gasteiger partial charge on any atom is -0.492 e. The van der Waals surface area contributed by atoms with Gasteiger partial charge in [-0.25, -0.2) is 0 Å². The molecule has 0 spiro atoms. The molecule has 2 aromatic carbocycles. The minimum atomic E-state index is -0.848. The van der Waals surface area contributed by atoms with E-state index in [1.165, 1.54) is 4.90 Å². The number of ether oxygens (including phenoxy) is 1. The van der Waals surface area contributed by atoms with E-state index in [9.17, 15) is 14.4 Å². The molecule has 7 nitrogen and oxygen atoms in total. The Morgan fingerprint density at radius 1 is 1.17 bits per heavy atom. The van der Waals surface area contributed by atoms with Gasteiger partial charge in [0.1, 0.15) is 24.6 Å². The van der Waals surface area contributed by atoms with E-state index in [-0.39, 0.29) is 30.9 Å². The van der Waals surface area contributed by atoms with Crippen LogP contribution in [-0.4, -0.2) is 48.0 Å². The third kappa shape index (κ3) is 3.61. The van der Waals surface area contributed by atoms with Crippen LogP contribution in [0, 0.1) is 0 Å². The number of anilines is 1. The first-order chi connectivity index (χ1) is 14.4. The third-order valence-corrected chi connectivity index (χ3v) is 5.81. The van der Waals surface area contributed by atoms with E-state index in [4.69, 9.17) is 16.3 Å². The number of fused-ring (bicyclic) bond motifs is 3. The number of hydrogen-bond acceptors (Lipinski definition) is 4. The average molecular weight is 428 g/mol. The molecule has 156 valence electrons. The zero-order valence-corrected chi connectivity index (χ0v) is 17.3. The summed E-state index contributed by atoms with van der Waals surface area (Å²) in [6, 6.07) is 14.0. The highest BCUT2D eigenvalue weighted by atomic mass is 35.5. The molecule has 3 amide bonds. The molecular weight excluding hydrogens is 406 g/mol. The van der Waals surface area contributed by atoms with Crippen molar-refractivity contribution in [3.8, 4) is 5.75 Å². The zero-order chi connectivity index (χ0) is 21.3. The van der Waals surface area contributed by atoms with Crippen molar-refractivity contribution >= 4 is 35.0 Å². The van der Waals surface area contributed by atoms with Crippen molar-refractivity contribution in [2.75, 3.05) is 24.6 Å². The molecule has 1 N–H and O–H groups in total. The first kappa shape index (κ1) is 20.2. The lowest BCUT2D eigenvalue weighted by atomic mass is 9.98. The van der Waals surface area contributed by atoms with Crippen molar-refractivity contribution in [1.82, 2.24) is 10.2 Å². The van der Waals surface area contributed by atoms with Gasteiger partial charge in [-0.1, -0.05) is 23.7 Å². The summed E-state index contributed by atoms with van der Waals surface area (Å²) in [4.78, 5) is 41.4. The zero-order valence-electron chi connectivity index (χ0n) is 16.6. The van der Waals surface area contributed by atoms with Gasteiger partial charge in [0.05, 0.1) is 17.8 Å². The fourth-order valence-electron chi connectivity index (χ4n) is 4.03. The van der Waals surface area contributed by atoms with Gasteiger partial charge in [0.25, 0.3) is 5.91 Å². The average Bonchev–Trinajstić information content (AvgIpc) is 3.05. The monoisotopic (exact) mass is 427 g/mol. The van der Waals surface area contributed by atoms with Crippen molar-refractivity contribution in [3.05, 3.63) is 59.1 Å². The summed E-state index contributed by atoms with van der Waals surface area (Å²) >= 11 is 5.84. The first-order valence-corrected chi connectivity index (χ1v) is 10.2. The van der Waals surface area contributed by atoms with Crippen LogP contribution in [-0.2, 0) is 9.59 Å². The van der Waals surface area contributed by atoms with Crippen molar-refractivity contribution in [3.63, 3.8) is 0 Å². The van der Waals surface area contributed by atoms with Gasteiger partial charge in [-0.15, -0.1) is 0 Å². The van der Waals surface area contributed by atoms with E-state index >= 15 is 0 Å². The molecule has 2 aliphatic heterocycles. The SMILES string of the molecule is CC12CCC(=O)N1c1ccccc1C(=O)N2CC(=O)NCCOc1ccc(Cl)cc1. The number of carbonyl (C=O) groups is 3. The molecule has 1 fully saturated rings. The Morgan fingerprint density at radius 3 is 2.67 bits per heavy atom. The number of hydrogen-bond donors (Lipinski definition) is 1. The van der Waals surface area contributed by atoms with Crippen LogP contribution in [0.2, 0.25) is 5.02 Å². The highest BCUT2D eigenvalue weighted by Crippen LogP contribution is 2.43. The molecule has 2 aliphatic rings. The summed E-state index contributed by atoms with van der Waals surface area (Å²) in [5, 5.41) is 3.40. The number of halogens is 1. The van der Waals surface area contributed by atoms with Gasteiger partial charge in [0, 0.05) is 11.4 Å². The summed E-state index contributed by atoms with van der Waals surface area (Å²) < 4.78 is 5.57. The van der Waals surface area contributed by atoms with Gasteiger partial charge in [-0.05, 0) is 49.7 Å². The smallest absolute Gasteiger partial charge is 0.258 e. The van der Waals surface area contributed by atoms with E-state index in [0.29, 0.717) is 41.4 Å². The van der Waals surface area contributed by atoms with Crippen LogP contribution < -0.4 is 15.0 Å². The minimum absolute atomic E-state index is 0.0424. The van der Waals surface area contributed by atoms with Gasteiger partial charge in [-0.3, -0.25) is 19.3 Å². The van der Waals surface area contributed by atoms with Crippen LogP contribution in [0.1, 0.15) is 30.1 Å². The number of benzene rings is 2. The normalized spacial score (nSPS) is 20.1. The van der Waals surface area contributed by atoms with E-state index in [2.05, 4.69) is 5.32 Å². The lowest BCUT2D eigenvalue weighted by molar-refractivity contribution is -0.124. The van der Waals surface area contributed by atoms with Gasteiger partial charge in [0.15, 0.2) is 0 Å². The Morgan fingerprint density at radius 2 is 1.90 bits per heavy atom. The highest BCUT2D eigenvalue weighted by molar-refractivity contribution is 6.30. The second kappa shape index (κ2) is 7.99. The lowest BCUT2D eigenvalue weighted by Crippen LogP contribution is -2.63. The maximum atomic E-state index is 13.1. The maximum Gasteiger partial charge on any atom is 0.258 e. The number of carbonyl (C=O) groups excluding carboxylic acids is 3. The second-order valence-electron chi connectivity index (χ2n) is 7.51. The van der Waals surface area contributed by atoms with Crippen LogP contribution in [0.15, 0.2) is 48.5 Å². The molecule has 1 atom stereocenters. The lowest BCUT2D eigenvalue weighted by Gasteiger charge is -2.48. The topological polar surface area (TPSA) is 79.0 Å². The molecule has 2 aromatic rings. The van der Waals surface area contributed by atoms with E-state index in [0.717, 1.165) is 0 Å². The largest absolute Gasteiger partial charge is 0.492 e. The Labute approximate surface area is 179 Å². The standard InChI is InChI=1S/C22H22ClN3O4/c1-22-11-10-20(28)26(22)18-5-3-2-4-17(18)21(29)25(22)14-19(27)24-12-13-30-16-8-6-15(23)7-9-16/h2-9H,10-14H2,1H3,(H,24,27). The third-order valence-electron chi connectivity index (χ3n) is 5.55. The number of para-hydroxylation sites is 1. The second-order valence-corrected chi connectivity index (χ2v) is 7.94. The molecule has 0 radical (unpaired) electrons. The fourth-order valence-corrected chi connectivity index (χ4v) is 4.16. The van der Waals surface area contributed by atoms with Crippen LogP contribution in [0.25, 0.3) is 0 Å². The molecule has 0 saturated carbocycles. The molecule has 0 aliphatic carbocycles. The maximum absolute atomic E-state index is 13.1. The van der Waals surface area contributed by atoms with Gasteiger partial charge in [0.2, 0.25) is 11.8 Å². The molecule has 0 aromatic heterocycles. The Kier molecular flexibility index (Phi) is 5.39. The molecular formula is C22H22ClN3O4. The van der Waals surface area contributed by atoms with Crippen molar-refractivity contribution in [2.24, 2.45) is 0 Å². The molecule has 2 heterocycles. The molecule has 30 heavy (non-hydrogen) atoms. The van der Waals surface area contributed by atoms with Crippen molar-refractivity contribution in [1.29, 1.82) is 0 Å². The molecule has 8 heteroatoms. The number of nitrogens with zero attached hydrogens (tertiary/aromatic N) is 2. The summed E-state index contributed by atoms with van der Waals surface area (Å²) in [7, 11) is 0. The number of rotatable bonds is 6. The summed E-state index contributed by atoms with van der Waals surface area (Å²) in [5.41, 5.74) is 0.198.